The van der Waals surface area contributed by atoms with Crippen LogP contribution in [0.1, 0.15) is 5.69 Å². The highest BCUT2D eigenvalue weighted by Crippen LogP contribution is 2.37. The number of hydrogen-bond acceptors (Lipinski definition) is 4. The number of carboxylic acid groups (broad SMARTS) is 1. The molecule has 1 fully saturated rings. The van der Waals surface area contributed by atoms with Gasteiger partial charge in [-0.1, -0.05) is 0 Å². The quantitative estimate of drug-likeness (QED) is 0.872. The normalized spacial score (nSPS) is 21.4. The van der Waals surface area contributed by atoms with E-state index in [0.717, 1.165) is 9.86 Å². The maximum atomic E-state index is 12.9. The summed E-state index contributed by atoms with van der Waals surface area (Å²) < 4.78 is 40.5. The predicted molar refractivity (Wildman–Crippen MR) is 77.5 cm³/mol. The number of rotatable bonds is 3. The van der Waals surface area contributed by atoms with Crippen LogP contribution < -0.4 is 5.32 Å². The van der Waals surface area contributed by atoms with Gasteiger partial charge in [-0.2, -0.15) is 13.2 Å². The lowest BCUT2D eigenvalue weighted by atomic mass is 9.96. The van der Waals surface area contributed by atoms with E-state index in [2.05, 4.69) is 10.3 Å². The van der Waals surface area contributed by atoms with Gasteiger partial charge in [0.1, 0.15) is 0 Å². The molecule has 1 aliphatic rings. The van der Waals surface area contributed by atoms with Crippen molar-refractivity contribution in [3.63, 3.8) is 0 Å². The molecule has 1 aliphatic heterocycles. The zero-order chi connectivity index (χ0) is 17.5. The first-order chi connectivity index (χ1) is 11.3. The van der Waals surface area contributed by atoms with E-state index in [1.165, 1.54) is 11.3 Å². The van der Waals surface area contributed by atoms with E-state index in [1.807, 2.05) is 5.38 Å². The molecule has 1 saturated heterocycles. The summed E-state index contributed by atoms with van der Waals surface area (Å²) in [6.07, 6.45) is -1.16. The fourth-order valence-corrected chi connectivity index (χ4v) is 3.41. The van der Waals surface area contributed by atoms with E-state index in [-0.39, 0.29) is 6.54 Å². The van der Waals surface area contributed by atoms with Crippen LogP contribution in [0.3, 0.4) is 0 Å². The van der Waals surface area contributed by atoms with Crippen molar-refractivity contribution >= 4 is 28.3 Å². The number of imidazole rings is 1. The number of halogens is 3. The van der Waals surface area contributed by atoms with Gasteiger partial charge in [-0.3, -0.25) is 9.20 Å². The molecule has 3 rings (SSSR count). The maximum absolute atomic E-state index is 12.9. The number of nitrogens with one attached hydrogen (secondary N) is 1. The third-order valence-electron chi connectivity index (χ3n) is 3.91. The molecule has 0 aromatic carbocycles. The van der Waals surface area contributed by atoms with Crippen molar-refractivity contribution in [2.75, 3.05) is 13.1 Å². The Hall–Kier alpha value is -2.30. The van der Waals surface area contributed by atoms with E-state index in [0.29, 0.717) is 5.69 Å². The zero-order valence-electron chi connectivity index (χ0n) is 12.2. The standard InChI is InChI=1S/C13H13F3N4O3S/c14-13(15,16)9-6-20(5-8(9)10(21)22)11(23)17-3-7-4-19-1-2-24-12(19)18-7/h1-2,4,8-9H,3,5-6H2,(H,17,23)(H,21,22)/t8-,9-/m1/s1. The average Bonchev–Trinajstić information content (AvgIpc) is 3.17. The Balaban J connectivity index is 1.62. The van der Waals surface area contributed by atoms with Crippen LogP contribution in [0.4, 0.5) is 18.0 Å². The zero-order valence-corrected chi connectivity index (χ0v) is 13.0. The number of aromatic nitrogens is 2. The van der Waals surface area contributed by atoms with Crippen LogP contribution >= 0.6 is 11.3 Å². The molecule has 2 aromatic rings. The first kappa shape index (κ1) is 16.6. The van der Waals surface area contributed by atoms with Crippen molar-refractivity contribution < 1.29 is 27.9 Å². The highest BCUT2D eigenvalue weighted by molar-refractivity contribution is 7.15. The molecule has 2 atom stereocenters. The molecule has 11 heteroatoms. The minimum atomic E-state index is -4.66. The predicted octanol–water partition coefficient (Wildman–Crippen LogP) is 1.80. The van der Waals surface area contributed by atoms with Crippen molar-refractivity contribution in [1.82, 2.24) is 19.6 Å². The van der Waals surface area contributed by atoms with E-state index in [1.54, 1.807) is 16.8 Å². The van der Waals surface area contributed by atoms with E-state index in [9.17, 15) is 22.8 Å². The summed E-state index contributed by atoms with van der Waals surface area (Å²) in [7, 11) is 0. The summed E-state index contributed by atoms with van der Waals surface area (Å²) >= 11 is 1.41. The molecule has 130 valence electrons. The number of aliphatic carboxylic acids is 1. The van der Waals surface area contributed by atoms with Crippen LogP contribution in [0, 0.1) is 11.8 Å². The molecule has 0 unspecified atom stereocenters. The smallest absolute Gasteiger partial charge is 0.394 e. The number of carbonyl (C=O) groups excluding carboxylic acids is 1. The maximum Gasteiger partial charge on any atom is 0.394 e. The summed E-state index contributed by atoms with van der Waals surface area (Å²) in [6.45, 7) is -1.08. The largest absolute Gasteiger partial charge is 0.481 e. The number of likely N-dealkylation sites (tertiary alicyclic amines) is 1. The van der Waals surface area contributed by atoms with Crippen molar-refractivity contribution in [3.05, 3.63) is 23.5 Å². The number of amides is 2. The van der Waals surface area contributed by atoms with E-state index < -0.39 is 43.1 Å². The number of urea groups is 1. The van der Waals surface area contributed by atoms with Crippen molar-refractivity contribution in [2.24, 2.45) is 11.8 Å². The van der Waals surface area contributed by atoms with Gasteiger partial charge in [-0.25, -0.2) is 9.78 Å². The number of alkyl halides is 3. The monoisotopic (exact) mass is 362 g/mol. The summed E-state index contributed by atoms with van der Waals surface area (Å²) in [5.74, 6) is -5.26. The van der Waals surface area contributed by atoms with Crippen LogP contribution in [0.5, 0.6) is 0 Å². The molecular formula is C13H13F3N4O3S. The lowest BCUT2D eigenvalue weighted by Crippen LogP contribution is -2.39. The van der Waals surface area contributed by atoms with Gasteiger partial charge in [0.2, 0.25) is 0 Å². The topological polar surface area (TPSA) is 86.9 Å². The molecule has 2 N–H and O–H groups in total. The summed E-state index contributed by atoms with van der Waals surface area (Å²) in [5.41, 5.74) is 0.566. The Labute approximate surface area is 137 Å². The van der Waals surface area contributed by atoms with Gasteiger partial charge in [0.05, 0.1) is 24.1 Å². The fourth-order valence-electron chi connectivity index (χ4n) is 2.69. The minimum absolute atomic E-state index is 0.0537. The first-order valence-corrected chi connectivity index (χ1v) is 7.87. The van der Waals surface area contributed by atoms with Crippen LogP contribution in [0.2, 0.25) is 0 Å². The molecule has 7 nitrogen and oxygen atoms in total. The summed E-state index contributed by atoms with van der Waals surface area (Å²) in [5, 5.41) is 13.3. The second-order valence-corrected chi connectivity index (χ2v) is 6.35. The van der Waals surface area contributed by atoms with Gasteiger partial charge < -0.3 is 15.3 Å². The Bertz CT molecular complexity index is 743. The summed E-state index contributed by atoms with van der Waals surface area (Å²) in [6, 6.07) is -0.732. The van der Waals surface area contributed by atoms with Crippen molar-refractivity contribution in [1.29, 1.82) is 0 Å². The van der Waals surface area contributed by atoms with Crippen LogP contribution in [0.15, 0.2) is 17.8 Å². The molecule has 3 heterocycles. The Morgan fingerprint density at radius 2 is 2.17 bits per heavy atom. The molecule has 0 saturated carbocycles. The lowest BCUT2D eigenvalue weighted by molar-refractivity contribution is -0.187. The lowest BCUT2D eigenvalue weighted by Gasteiger charge is -2.18. The number of thiazole rings is 1. The summed E-state index contributed by atoms with van der Waals surface area (Å²) in [4.78, 5) is 28.9. The Morgan fingerprint density at radius 3 is 2.75 bits per heavy atom. The number of carbonyl (C=O) groups is 2. The molecule has 24 heavy (non-hydrogen) atoms. The molecule has 2 aromatic heterocycles. The molecule has 0 radical (unpaired) electrons. The van der Waals surface area contributed by atoms with Gasteiger partial charge in [0.25, 0.3) is 0 Å². The van der Waals surface area contributed by atoms with Crippen LogP contribution in [-0.2, 0) is 11.3 Å². The van der Waals surface area contributed by atoms with Crippen molar-refractivity contribution in [3.8, 4) is 0 Å². The second-order valence-electron chi connectivity index (χ2n) is 5.48. The molecule has 0 bridgehead atoms. The third-order valence-corrected chi connectivity index (χ3v) is 4.68. The van der Waals surface area contributed by atoms with Gasteiger partial charge in [0, 0.05) is 30.9 Å². The van der Waals surface area contributed by atoms with Gasteiger partial charge in [-0.15, -0.1) is 11.3 Å². The number of fused-ring (bicyclic) bond motifs is 1. The first-order valence-electron chi connectivity index (χ1n) is 6.99. The minimum Gasteiger partial charge on any atom is -0.481 e. The fraction of sp³-hybridized carbons (Fsp3) is 0.462. The van der Waals surface area contributed by atoms with Gasteiger partial charge >= 0.3 is 18.2 Å². The van der Waals surface area contributed by atoms with E-state index in [4.69, 9.17) is 5.11 Å². The Morgan fingerprint density at radius 1 is 1.42 bits per heavy atom. The molecule has 0 aliphatic carbocycles. The number of nitrogens with zero attached hydrogens (tertiary/aromatic N) is 3. The second kappa shape index (κ2) is 5.96. The molecule has 2 amide bonds. The van der Waals surface area contributed by atoms with E-state index >= 15 is 0 Å². The number of hydrogen-bond donors (Lipinski definition) is 2. The SMILES string of the molecule is O=C(O)[C@@H]1CN(C(=O)NCc2cn3ccsc3n2)C[C@H]1C(F)(F)F. The van der Waals surface area contributed by atoms with Gasteiger partial charge in [0.15, 0.2) is 4.96 Å². The van der Waals surface area contributed by atoms with Gasteiger partial charge in [-0.05, 0) is 0 Å². The highest BCUT2D eigenvalue weighted by atomic mass is 32.1. The molecular weight excluding hydrogens is 349 g/mol. The average molecular weight is 362 g/mol. The number of carboxylic acids is 1. The third kappa shape index (κ3) is 3.16. The molecule has 0 spiro atoms. The van der Waals surface area contributed by atoms with Crippen LogP contribution in [0.25, 0.3) is 4.96 Å². The van der Waals surface area contributed by atoms with Crippen LogP contribution in [-0.4, -0.2) is 50.7 Å². The van der Waals surface area contributed by atoms with Crippen molar-refractivity contribution in [2.45, 2.75) is 12.7 Å². The Kier molecular flexibility index (Phi) is 4.11. The highest BCUT2D eigenvalue weighted by Gasteiger charge is 2.53.